The summed E-state index contributed by atoms with van der Waals surface area (Å²) < 4.78 is 46.7. The van der Waals surface area contributed by atoms with Crippen LogP contribution in [0.4, 0.5) is 0 Å². The number of hydrogen-bond acceptors (Lipinski definition) is 10. The number of amides is 1. The molecule has 0 heterocycles. The predicted molar refractivity (Wildman–Crippen MR) is 121 cm³/mol. The van der Waals surface area contributed by atoms with Gasteiger partial charge in [-0.25, -0.2) is 0 Å². The van der Waals surface area contributed by atoms with Gasteiger partial charge in [0, 0.05) is 40.9 Å². The number of phosphoric acid groups is 1. The molecule has 0 aliphatic heterocycles. The Labute approximate surface area is 198 Å². The number of methoxy groups -OCH3 is 2. The van der Waals surface area contributed by atoms with Crippen LogP contribution in [0, 0.1) is 0 Å². The van der Waals surface area contributed by atoms with Crippen molar-refractivity contribution in [3.05, 3.63) is 0 Å². The number of unbranched alkanes of at least 4 members (excludes halogenated alkanes) is 4. The number of nitrogens with one attached hydrogen (secondary N) is 1. The summed E-state index contributed by atoms with van der Waals surface area (Å²) in [5.74, 6) is 0.00285. The highest BCUT2D eigenvalue weighted by Crippen LogP contribution is 2.36. The Morgan fingerprint density at radius 1 is 0.818 bits per heavy atom. The first-order valence-electron chi connectivity index (χ1n) is 11.5. The molecule has 0 bridgehead atoms. The van der Waals surface area contributed by atoms with Crippen LogP contribution in [0.15, 0.2) is 0 Å². The minimum atomic E-state index is -4.16. The molecule has 0 aromatic rings. The maximum Gasteiger partial charge on any atom is 0.267 e. The van der Waals surface area contributed by atoms with E-state index in [0.717, 1.165) is 32.8 Å². The minimum Gasteiger partial charge on any atom is -0.756 e. The third-order valence-corrected chi connectivity index (χ3v) is 5.44. The highest BCUT2D eigenvalue weighted by atomic mass is 31.2. The molecule has 0 aliphatic carbocycles. The number of ether oxygens (including phenoxy) is 5. The standard InChI is InChI=1S/C21H44NO10P/c1-26-14-16-30-19-20(31-17-15-27-2)18-29-12-8-5-4-6-10-21(23)22-11-7-9-13-32-33(24,25)28-3/h20H,4-19H2,1-3H3,(H,22,23)(H,24,25)/p-1. The van der Waals surface area contributed by atoms with Crippen LogP contribution >= 0.6 is 7.82 Å². The van der Waals surface area contributed by atoms with Crippen molar-refractivity contribution in [1.29, 1.82) is 0 Å². The third kappa shape index (κ3) is 22.9. The van der Waals surface area contributed by atoms with Crippen molar-refractivity contribution in [1.82, 2.24) is 5.32 Å². The lowest BCUT2D eigenvalue weighted by molar-refractivity contribution is -0.223. The van der Waals surface area contributed by atoms with E-state index in [2.05, 4.69) is 14.4 Å². The molecule has 0 saturated heterocycles. The van der Waals surface area contributed by atoms with Gasteiger partial charge in [0.15, 0.2) is 0 Å². The normalized spacial score (nSPS) is 14.2. The van der Waals surface area contributed by atoms with Crippen molar-refractivity contribution >= 4 is 13.7 Å². The van der Waals surface area contributed by atoms with E-state index >= 15 is 0 Å². The van der Waals surface area contributed by atoms with Crippen LogP contribution in [-0.2, 0) is 42.1 Å². The molecule has 0 saturated carbocycles. The van der Waals surface area contributed by atoms with E-state index in [4.69, 9.17) is 23.7 Å². The molecular weight excluding hydrogens is 457 g/mol. The largest absolute Gasteiger partial charge is 0.756 e. The first kappa shape index (κ1) is 32.4. The van der Waals surface area contributed by atoms with Crippen molar-refractivity contribution in [2.75, 3.05) is 80.7 Å². The van der Waals surface area contributed by atoms with Crippen molar-refractivity contribution in [2.45, 2.75) is 51.0 Å². The Morgan fingerprint density at radius 3 is 2.15 bits per heavy atom. The summed E-state index contributed by atoms with van der Waals surface area (Å²) >= 11 is 0. The second kappa shape index (κ2) is 23.1. The monoisotopic (exact) mass is 500 g/mol. The van der Waals surface area contributed by atoms with Gasteiger partial charge in [0.2, 0.25) is 5.91 Å². The Kier molecular flexibility index (Phi) is 22.7. The molecule has 0 spiro atoms. The van der Waals surface area contributed by atoms with E-state index in [1.165, 1.54) is 0 Å². The van der Waals surface area contributed by atoms with Gasteiger partial charge in [0.1, 0.15) is 6.10 Å². The molecule has 2 unspecified atom stereocenters. The van der Waals surface area contributed by atoms with Crippen LogP contribution in [-0.4, -0.2) is 92.7 Å². The molecule has 12 heteroatoms. The summed E-state index contributed by atoms with van der Waals surface area (Å²) in [6, 6.07) is 0. The molecule has 2 atom stereocenters. The molecule has 11 nitrogen and oxygen atoms in total. The predicted octanol–water partition coefficient (Wildman–Crippen LogP) is 1.68. The van der Waals surface area contributed by atoms with E-state index in [1.807, 2.05) is 0 Å². The van der Waals surface area contributed by atoms with Crippen LogP contribution in [0.1, 0.15) is 44.9 Å². The average molecular weight is 501 g/mol. The SMILES string of the molecule is COCCOCC(COCCCCCCC(=O)NCCCCOP(=O)([O-])OC)OCCOC. The van der Waals surface area contributed by atoms with Crippen LogP contribution in [0.25, 0.3) is 0 Å². The van der Waals surface area contributed by atoms with Crippen LogP contribution in [0.5, 0.6) is 0 Å². The maximum atomic E-state index is 11.8. The van der Waals surface area contributed by atoms with Crippen LogP contribution < -0.4 is 10.2 Å². The zero-order chi connectivity index (χ0) is 24.6. The molecular formula is C21H43NO10P-. The average Bonchev–Trinajstić information content (AvgIpc) is 2.80. The molecule has 0 aromatic carbocycles. The molecule has 0 rings (SSSR count). The van der Waals surface area contributed by atoms with Gasteiger partial charge in [-0.1, -0.05) is 12.8 Å². The van der Waals surface area contributed by atoms with Gasteiger partial charge in [0.25, 0.3) is 7.82 Å². The van der Waals surface area contributed by atoms with E-state index in [9.17, 15) is 14.3 Å². The van der Waals surface area contributed by atoms with Crippen molar-refractivity contribution < 1.29 is 47.0 Å². The molecule has 198 valence electrons. The Morgan fingerprint density at radius 2 is 1.45 bits per heavy atom. The van der Waals surface area contributed by atoms with Crippen LogP contribution in [0.2, 0.25) is 0 Å². The number of hydrogen-bond donors (Lipinski definition) is 1. The lowest BCUT2D eigenvalue weighted by Crippen LogP contribution is -2.28. The lowest BCUT2D eigenvalue weighted by Gasteiger charge is -2.19. The van der Waals surface area contributed by atoms with Gasteiger partial charge < -0.3 is 42.9 Å². The molecule has 33 heavy (non-hydrogen) atoms. The van der Waals surface area contributed by atoms with E-state index in [1.54, 1.807) is 14.2 Å². The first-order chi connectivity index (χ1) is 15.9. The first-order valence-corrected chi connectivity index (χ1v) is 12.9. The molecule has 0 radical (unpaired) electrons. The smallest absolute Gasteiger partial charge is 0.267 e. The van der Waals surface area contributed by atoms with Gasteiger partial charge in [-0.05, 0) is 25.7 Å². The minimum absolute atomic E-state index is 0.00285. The van der Waals surface area contributed by atoms with Crippen molar-refractivity contribution in [3.8, 4) is 0 Å². The highest BCUT2D eigenvalue weighted by Gasteiger charge is 2.10. The summed E-state index contributed by atoms with van der Waals surface area (Å²) in [6.45, 7) is 4.16. The van der Waals surface area contributed by atoms with E-state index in [0.29, 0.717) is 72.1 Å². The number of carbonyl (C=O) groups is 1. The van der Waals surface area contributed by atoms with Gasteiger partial charge in [-0.3, -0.25) is 9.36 Å². The Bertz CT molecular complexity index is 498. The topological polar surface area (TPSA) is 134 Å². The Hall–Kier alpha value is -0.620. The number of phosphoric ester groups is 1. The fourth-order valence-corrected chi connectivity index (χ4v) is 3.09. The molecule has 1 amide bonds. The number of rotatable bonds is 25. The molecule has 0 fully saturated rings. The van der Waals surface area contributed by atoms with Crippen molar-refractivity contribution in [2.24, 2.45) is 0 Å². The van der Waals surface area contributed by atoms with E-state index in [-0.39, 0.29) is 18.6 Å². The summed E-state index contributed by atoms with van der Waals surface area (Å²) in [7, 11) is 0.161. The van der Waals surface area contributed by atoms with E-state index < -0.39 is 7.82 Å². The summed E-state index contributed by atoms with van der Waals surface area (Å²) in [5.41, 5.74) is 0. The fourth-order valence-electron chi connectivity index (χ4n) is 2.63. The summed E-state index contributed by atoms with van der Waals surface area (Å²) in [5, 5.41) is 2.82. The van der Waals surface area contributed by atoms with Crippen molar-refractivity contribution in [3.63, 3.8) is 0 Å². The van der Waals surface area contributed by atoms with Gasteiger partial charge >= 0.3 is 0 Å². The highest BCUT2D eigenvalue weighted by molar-refractivity contribution is 7.45. The molecule has 0 aliphatic rings. The zero-order valence-corrected chi connectivity index (χ0v) is 21.3. The van der Waals surface area contributed by atoms with Crippen LogP contribution in [0.3, 0.4) is 0 Å². The number of carbonyl (C=O) groups excluding carboxylic acids is 1. The third-order valence-electron chi connectivity index (χ3n) is 4.49. The maximum absolute atomic E-state index is 11.8. The summed E-state index contributed by atoms with van der Waals surface area (Å²) in [6.07, 6.45) is 5.17. The van der Waals surface area contributed by atoms with Gasteiger partial charge in [-0.15, -0.1) is 0 Å². The molecule has 0 aromatic heterocycles. The molecule has 1 N–H and O–H groups in total. The Balaban J connectivity index is 3.61. The zero-order valence-electron chi connectivity index (χ0n) is 20.4. The van der Waals surface area contributed by atoms with Gasteiger partial charge in [-0.2, -0.15) is 0 Å². The lowest BCUT2D eigenvalue weighted by atomic mass is 10.1. The second-order valence-electron chi connectivity index (χ2n) is 7.31. The van der Waals surface area contributed by atoms with Gasteiger partial charge in [0.05, 0.1) is 46.2 Å². The quantitative estimate of drug-likeness (QED) is 0.146. The summed E-state index contributed by atoms with van der Waals surface area (Å²) in [4.78, 5) is 22.8. The second-order valence-corrected chi connectivity index (χ2v) is 8.83. The fraction of sp³-hybridized carbons (Fsp3) is 0.952.